The second-order valence-corrected chi connectivity index (χ2v) is 7.59. The van der Waals surface area contributed by atoms with Crippen LogP contribution in [0.4, 0.5) is 0 Å². The number of hydrogen-bond donors (Lipinski definition) is 1. The maximum Gasteiger partial charge on any atom is 0.243 e. The zero-order valence-electron chi connectivity index (χ0n) is 13.0. The van der Waals surface area contributed by atoms with Gasteiger partial charge < -0.3 is 5.32 Å². The van der Waals surface area contributed by atoms with Gasteiger partial charge in [-0.3, -0.25) is 0 Å². The van der Waals surface area contributed by atoms with Gasteiger partial charge in [0.05, 0.1) is 4.90 Å². The van der Waals surface area contributed by atoms with Gasteiger partial charge in [0.15, 0.2) is 0 Å². The van der Waals surface area contributed by atoms with Crippen LogP contribution in [0.5, 0.6) is 0 Å². The predicted molar refractivity (Wildman–Crippen MR) is 85.6 cm³/mol. The third kappa shape index (κ3) is 4.28. The standard InChI is InChI=1S/C16H26N2O2S/c1-3-11-17-12-15-7-5-6-8-16(15)21(19,20)18(4-2)13-14-9-10-14/h5-8,14,17H,3-4,9-13H2,1-2H3. The van der Waals surface area contributed by atoms with Crippen molar-refractivity contribution >= 4 is 10.0 Å². The van der Waals surface area contributed by atoms with Crippen molar-refractivity contribution < 1.29 is 8.42 Å². The van der Waals surface area contributed by atoms with Crippen LogP contribution < -0.4 is 5.32 Å². The van der Waals surface area contributed by atoms with E-state index in [2.05, 4.69) is 12.2 Å². The topological polar surface area (TPSA) is 49.4 Å². The van der Waals surface area contributed by atoms with Crippen molar-refractivity contribution in [1.82, 2.24) is 9.62 Å². The van der Waals surface area contributed by atoms with Gasteiger partial charge in [0.25, 0.3) is 0 Å². The zero-order valence-corrected chi connectivity index (χ0v) is 13.8. The Morgan fingerprint density at radius 3 is 2.57 bits per heavy atom. The van der Waals surface area contributed by atoms with Gasteiger partial charge >= 0.3 is 0 Å². The molecule has 1 fully saturated rings. The van der Waals surface area contributed by atoms with Crippen LogP contribution in [0.2, 0.25) is 0 Å². The Kier molecular flexibility index (Phi) is 5.79. The van der Waals surface area contributed by atoms with E-state index in [1.54, 1.807) is 16.4 Å². The maximum absolute atomic E-state index is 12.9. The second-order valence-electron chi connectivity index (χ2n) is 5.68. The Morgan fingerprint density at radius 2 is 1.95 bits per heavy atom. The van der Waals surface area contributed by atoms with Crippen molar-refractivity contribution in [3.63, 3.8) is 0 Å². The molecular formula is C16H26N2O2S. The van der Waals surface area contributed by atoms with Gasteiger partial charge in [-0.2, -0.15) is 4.31 Å². The predicted octanol–water partition coefficient (Wildman–Crippen LogP) is 2.61. The highest BCUT2D eigenvalue weighted by atomic mass is 32.2. The largest absolute Gasteiger partial charge is 0.313 e. The monoisotopic (exact) mass is 310 g/mol. The molecule has 1 aromatic carbocycles. The molecule has 1 aromatic rings. The molecular weight excluding hydrogens is 284 g/mol. The van der Waals surface area contributed by atoms with E-state index >= 15 is 0 Å². The summed E-state index contributed by atoms with van der Waals surface area (Å²) in [6.45, 7) is 6.71. The van der Waals surface area contributed by atoms with Crippen LogP contribution in [0, 0.1) is 5.92 Å². The Morgan fingerprint density at radius 1 is 1.24 bits per heavy atom. The van der Waals surface area contributed by atoms with Crippen LogP contribution in [0.25, 0.3) is 0 Å². The van der Waals surface area contributed by atoms with Gasteiger partial charge in [-0.25, -0.2) is 8.42 Å². The summed E-state index contributed by atoms with van der Waals surface area (Å²) in [6, 6.07) is 7.34. The fraction of sp³-hybridized carbons (Fsp3) is 0.625. The quantitative estimate of drug-likeness (QED) is 0.713. The Hall–Kier alpha value is -0.910. The van der Waals surface area contributed by atoms with Gasteiger partial charge in [0.1, 0.15) is 0 Å². The molecule has 0 bridgehead atoms. The van der Waals surface area contributed by atoms with E-state index in [1.807, 2.05) is 19.1 Å². The Labute approximate surface area is 128 Å². The van der Waals surface area contributed by atoms with E-state index in [1.165, 1.54) is 0 Å². The summed E-state index contributed by atoms with van der Waals surface area (Å²) in [4.78, 5) is 0.455. The fourth-order valence-electron chi connectivity index (χ4n) is 2.43. The molecule has 5 heteroatoms. The number of rotatable bonds is 9. The summed E-state index contributed by atoms with van der Waals surface area (Å²) in [6.07, 6.45) is 3.36. The highest BCUT2D eigenvalue weighted by Crippen LogP contribution is 2.32. The van der Waals surface area contributed by atoms with Crippen molar-refractivity contribution in [3.8, 4) is 0 Å². The van der Waals surface area contributed by atoms with Crippen molar-refractivity contribution in [1.29, 1.82) is 0 Å². The number of sulfonamides is 1. The number of hydrogen-bond acceptors (Lipinski definition) is 3. The molecule has 118 valence electrons. The molecule has 2 rings (SSSR count). The summed E-state index contributed by atoms with van der Waals surface area (Å²) >= 11 is 0. The second kappa shape index (κ2) is 7.38. The van der Waals surface area contributed by atoms with E-state index in [4.69, 9.17) is 0 Å². The molecule has 1 aliphatic rings. The highest BCUT2D eigenvalue weighted by molar-refractivity contribution is 7.89. The first-order chi connectivity index (χ1) is 10.1. The molecule has 1 aliphatic carbocycles. The van der Waals surface area contributed by atoms with E-state index in [0.717, 1.165) is 31.4 Å². The van der Waals surface area contributed by atoms with Crippen LogP contribution >= 0.6 is 0 Å². The number of benzene rings is 1. The summed E-state index contributed by atoms with van der Waals surface area (Å²) < 4.78 is 27.4. The first-order valence-electron chi connectivity index (χ1n) is 7.88. The molecule has 0 unspecified atom stereocenters. The number of nitrogens with one attached hydrogen (secondary N) is 1. The van der Waals surface area contributed by atoms with E-state index in [9.17, 15) is 8.42 Å². The average molecular weight is 310 g/mol. The van der Waals surface area contributed by atoms with Crippen LogP contribution in [-0.2, 0) is 16.6 Å². The summed E-state index contributed by atoms with van der Waals surface area (Å²) in [5.41, 5.74) is 0.861. The van der Waals surface area contributed by atoms with Crippen molar-refractivity contribution in [3.05, 3.63) is 29.8 Å². The third-order valence-corrected chi connectivity index (χ3v) is 5.89. The summed E-state index contributed by atoms with van der Waals surface area (Å²) in [5, 5.41) is 3.29. The fourth-order valence-corrected chi connectivity index (χ4v) is 4.17. The van der Waals surface area contributed by atoms with Crippen LogP contribution in [0.15, 0.2) is 29.2 Å². The normalized spacial score (nSPS) is 15.6. The maximum atomic E-state index is 12.9. The van der Waals surface area contributed by atoms with E-state index < -0.39 is 10.0 Å². The first-order valence-corrected chi connectivity index (χ1v) is 9.32. The minimum atomic E-state index is -3.38. The molecule has 0 radical (unpaired) electrons. The molecule has 1 N–H and O–H groups in total. The molecule has 0 heterocycles. The lowest BCUT2D eigenvalue weighted by Gasteiger charge is -2.22. The van der Waals surface area contributed by atoms with Gasteiger partial charge in [0.2, 0.25) is 10.0 Å². The highest BCUT2D eigenvalue weighted by Gasteiger charge is 2.31. The van der Waals surface area contributed by atoms with Crippen LogP contribution in [0.3, 0.4) is 0 Å². The average Bonchev–Trinajstić information content (AvgIpc) is 3.29. The number of nitrogens with zero attached hydrogens (tertiary/aromatic N) is 1. The molecule has 0 saturated heterocycles. The van der Waals surface area contributed by atoms with Crippen LogP contribution in [0.1, 0.15) is 38.7 Å². The molecule has 0 spiro atoms. The minimum absolute atomic E-state index is 0.455. The van der Waals surface area contributed by atoms with Gasteiger partial charge in [0, 0.05) is 19.6 Å². The van der Waals surface area contributed by atoms with Crippen LogP contribution in [-0.4, -0.2) is 32.4 Å². The van der Waals surface area contributed by atoms with E-state index in [-0.39, 0.29) is 0 Å². The van der Waals surface area contributed by atoms with Crippen molar-refractivity contribution in [2.24, 2.45) is 5.92 Å². The van der Waals surface area contributed by atoms with Gasteiger partial charge in [-0.15, -0.1) is 0 Å². The minimum Gasteiger partial charge on any atom is -0.313 e. The Balaban J connectivity index is 2.21. The first kappa shape index (κ1) is 16.5. The SMILES string of the molecule is CCCNCc1ccccc1S(=O)(=O)N(CC)CC1CC1. The van der Waals surface area contributed by atoms with E-state index in [0.29, 0.717) is 30.4 Å². The molecule has 21 heavy (non-hydrogen) atoms. The van der Waals surface area contributed by atoms with Crippen molar-refractivity contribution in [2.75, 3.05) is 19.6 Å². The zero-order chi connectivity index (χ0) is 15.3. The molecule has 0 aromatic heterocycles. The third-order valence-electron chi connectivity index (χ3n) is 3.84. The lowest BCUT2D eigenvalue weighted by molar-refractivity contribution is 0.411. The summed E-state index contributed by atoms with van der Waals surface area (Å²) in [5.74, 6) is 0.560. The summed E-state index contributed by atoms with van der Waals surface area (Å²) in [7, 11) is -3.38. The Bertz CT molecular complexity index is 553. The lowest BCUT2D eigenvalue weighted by Crippen LogP contribution is -2.33. The molecule has 0 atom stereocenters. The molecule has 0 amide bonds. The van der Waals surface area contributed by atoms with Gasteiger partial charge in [-0.1, -0.05) is 32.0 Å². The molecule has 4 nitrogen and oxygen atoms in total. The molecule has 1 saturated carbocycles. The smallest absolute Gasteiger partial charge is 0.243 e. The lowest BCUT2D eigenvalue weighted by atomic mass is 10.2. The van der Waals surface area contributed by atoms with Crippen molar-refractivity contribution in [2.45, 2.75) is 44.6 Å². The van der Waals surface area contributed by atoms with Gasteiger partial charge in [-0.05, 0) is 43.4 Å². The molecule has 0 aliphatic heterocycles.